The third kappa shape index (κ3) is 5.77. The fraction of sp³-hybridized carbons (Fsp3) is 0. The molecule has 48 heavy (non-hydrogen) atoms. The second-order valence-electron chi connectivity index (χ2n) is 10.0. The van der Waals surface area contributed by atoms with Gasteiger partial charge in [0.15, 0.2) is 0 Å². The summed E-state index contributed by atoms with van der Waals surface area (Å²) in [6.45, 7) is 0. The molecule has 4 aromatic rings. The summed E-state index contributed by atoms with van der Waals surface area (Å²) in [5.74, 6) is -2.10. The number of carbonyl (C=O) groups excluding carboxylic acids is 6. The molecule has 15 nitrogen and oxygen atoms in total. The second kappa shape index (κ2) is 11.9. The third-order valence-electron chi connectivity index (χ3n) is 6.91. The number of ether oxygens (including phenoxy) is 3. The van der Waals surface area contributed by atoms with E-state index in [2.05, 4.69) is 15.0 Å². The number of imide groups is 3. The molecule has 7 rings (SSSR count). The van der Waals surface area contributed by atoms with Gasteiger partial charge in [-0.15, -0.1) is 15.0 Å². The molecule has 3 aliphatic rings. The summed E-state index contributed by atoms with van der Waals surface area (Å²) in [5.41, 5.74) is 0.998. The van der Waals surface area contributed by atoms with E-state index >= 15 is 0 Å². The molecule has 0 bridgehead atoms. The molecule has 0 unspecified atom stereocenters. The molecule has 1 aromatic heterocycles. The molecule has 0 aliphatic carbocycles. The van der Waals surface area contributed by atoms with Crippen LogP contribution in [0.4, 0.5) is 17.1 Å². The van der Waals surface area contributed by atoms with Crippen molar-refractivity contribution in [1.82, 2.24) is 15.0 Å². The van der Waals surface area contributed by atoms with Crippen molar-refractivity contribution in [3.05, 3.63) is 109 Å². The van der Waals surface area contributed by atoms with Crippen molar-refractivity contribution in [3.63, 3.8) is 0 Å². The van der Waals surface area contributed by atoms with Gasteiger partial charge in [-0.2, -0.15) is 0 Å². The Kier molecular flexibility index (Phi) is 7.29. The Morgan fingerprint density at radius 2 is 0.542 bits per heavy atom. The Labute approximate surface area is 269 Å². The van der Waals surface area contributed by atoms with Crippen molar-refractivity contribution in [1.29, 1.82) is 0 Å². The maximum atomic E-state index is 12.0. The largest absolute Gasteiger partial charge is 0.424 e. The number of hydrogen-bond donors (Lipinski definition) is 0. The van der Waals surface area contributed by atoms with Gasteiger partial charge < -0.3 is 14.2 Å². The van der Waals surface area contributed by atoms with Crippen LogP contribution in [0.1, 0.15) is 0 Å². The highest BCUT2D eigenvalue weighted by Gasteiger charge is 2.27. The molecule has 0 atom stereocenters. The predicted octanol–water partition coefficient (Wildman–Crippen LogP) is 3.54. The van der Waals surface area contributed by atoms with Gasteiger partial charge in [0.25, 0.3) is 35.4 Å². The lowest BCUT2D eigenvalue weighted by Gasteiger charge is -2.15. The van der Waals surface area contributed by atoms with Crippen molar-refractivity contribution in [2.24, 2.45) is 0 Å². The maximum absolute atomic E-state index is 12.0. The van der Waals surface area contributed by atoms with Gasteiger partial charge in [0.05, 0.1) is 17.1 Å². The molecule has 234 valence electrons. The Balaban J connectivity index is 1.14. The Morgan fingerprint density at radius 1 is 0.333 bits per heavy atom. The van der Waals surface area contributed by atoms with Gasteiger partial charge in [0, 0.05) is 36.5 Å². The van der Waals surface area contributed by atoms with Crippen LogP contribution in [0, 0.1) is 0 Å². The average Bonchev–Trinajstić information content (AvgIpc) is 3.72. The first-order valence-corrected chi connectivity index (χ1v) is 14.0. The van der Waals surface area contributed by atoms with Crippen LogP contribution in [-0.4, -0.2) is 50.4 Å². The van der Waals surface area contributed by atoms with Gasteiger partial charge in [0.2, 0.25) is 0 Å². The molecular formula is C33H18N6O9. The topological polar surface area (TPSA) is 178 Å². The summed E-state index contributed by atoms with van der Waals surface area (Å²) >= 11 is 0. The van der Waals surface area contributed by atoms with Crippen LogP contribution in [0.2, 0.25) is 0 Å². The van der Waals surface area contributed by atoms with E-state index in [1.165, 1.54) is 109 Å². The fourth-order valence-electron chi connectivity index (χ4n) is 4.73. The Morgan fingerprint density at radius 3 is 0.750 bits per heavy atom. The number of carbonyl (C=O) groups is 6. The van der Waals surface area contributed by atoms with Crippen LogP contribution < -0.4 is 28.9 Å². The number of anilines is 3. The zero-order chi connectivity index (χ0) is 33.4. The van der Waals surface area contributed by atoms with E-state index in [1.54, 1.807) is 0 Å². The number of nitrogens with zero attached hydrogens (tertiary/aromatic N) is 6. The van der Waals surface area contributed by atoms with Gasteiger partial charge in [-0.05, 0) is 72.8 Å². The molecule has 0 saturated carbocycles. The molecule has 0 radical (unpaired) electrons. The van der Waals surface area contributed by atoms with E-state index in [9.17, 15) is 28.8 Å². The standard InChI is InChI=1S/C33H18N6O9/c40-25-13-14-26(41)37(25)19-1-7-22(8-2-19)46-31-34-32(47-23-9-3-20(4-10-23)38-27(42)15-16-28(38)43)36-33(35-31)48-24-11-5-21(6-12-24)39-29(44)17-18-30(39)45/h1-18H. The molecule has 3 aliphatic heterocycles. The second-order valence-corrected chi connectivity index (χ2v) is 10.0. The minimum absolute atomic E-state index is 0.240. The molecule has 15 heteroatoms. The number of benzene rings is 3. The fourth-order valence-corrected chi connectivity index (χ4v) is 4.73. The normalized spacial score (nSPS) is 15.4. The van der Waals surface area contributed by atoms with Crippen molar-refractivity contribution in [3.8, 4) is 35.3 Å². The summed E-state index contributed by atoms with van der Waals surface area (Å²) in [4.78, 5) is 87.8. The van der Waals surface area contributed by atoms with Crippen LogP contribution >= 0.6 is 0 Å². The number of aromatic nitrogens is 3. The minimum Gasteiger partial charge on any atom is -0.424 e. The first-order valence-electron chi connectivity index (χ1n) is 14.0. The quantitative estimate of drug-likeness (QED) is 0.243. The Bertz CT molecular complexity index is 1820. The summed E-state index contributed by atoms with van der Waals surface area (Å²) in [7, 11) is 0. The zero-order valence-corrected chi connectivity index (χ0v) is 24.2. The van der Waals surface area contributed by atoms with Gasteiger partial charge >= 0.3 is 18.0 Å². The first kappa shape index (κ1) is 29.4. The summed E-state index contributed by atoms with van der Waals surface area (Å²) in [6, 6.07) is 17.3. The minimum atomic E-state index is -0.471. The molecule has 0 fully saturated rings. The van der Waals surface area contributed by atoms with E-state index in [0.717, 1.165) is 14.7 Å². The lowest BCUT2D eigenvalue weighted by molar-refractivity contribution is -0.121. The van der Waals surface area contributed by atoms with E-state index in [1.807, 2.05) is 0 Å². The number of amides is 6. The molecule has 0 N–H and O–H groups in total. The molecule has 0 spiro atoms. The van der Waals surface area contributed by atoms with Crippen LogP contribution in [0.25, 0.3) is 0 Å². The highest BCUT2D eigenvalue weighted by Crippen LogP contribution is 2.31. The molecule has 3 aromatic carbocycles. The molecule has 0 saturated heterocycles. The number of hydrogen-bond acceptors (Lipinski definition) is 12. The maximum Gasteiger partial charge on any atom is 0.331 e. The zero-order valence-electron chi connectivity index (χ0n) is 24.2. The van der Waals surface area contributed by atoms with E-state index < -0.39 is 35.4 Å². The SMILES string of the molecule is O=C1C=CC(=O)N1c1ccc(Oc2nc(Oc3ccc(N4C(=O)C=CC4=O)cc3)nc(Oc3ccc(N4C(=O)C=CC4=O)cc3)n2)cc1. The van der Waals surface area contributed by atoms with E-state index in [4.69, 9.17) is 14.2 Å². The summed E-state index contributed by atoms with van der Waals surface area (Å²) in [6.07, 6.45) is 7.04. The van der Waals surface area contributed by atoms with Crippen LogP contribution in [0.3, 0.4) is 0 Å². The lowest BCUT2D eigenvalue weighted by Crippen LogP contribution is -2.29. The van der Waals surface area contributed by atoms with Gasteiger partial charge in [-0.25, -0.2) is 14.7 Å². The van der Waals surface area contributed by atoms with E-state index in [-0.39, 0.29) is 35.3 Å². The number of rotatable bonds is 9. The summed E-state index contributed by atoms with van der Waals surface area (Å²) < 4.78 is 17.5. The van der Waals surface area contributed by atoms with Crippen molar-refractivity contribution in [2.45, 2.75) is 0 Å². The first-order chi connectivity index (χ1) is 23.2. The molecular weight excluding hydrogens is 624 g/mol. The van der Waals surface area contributed by atoms with Crippen molar-refractivity contribution in [2.75, 3.05) is 14.7 Å². The predicted molar refractivity (Wildman–Crippen MR) is 164 cm³/mol. The Hall–Kier alpha value is -7.29. The van der Waals surface area contributed by atoms with Gasteiger partial charge in [-0.3, -0.25) is 28.8 Å². The van der Waals surface area contributed by atoms with Gasteiger partial charge in [0.1, 0.15) is 17.2 Å². The smallest absolute Gasteiger partial charge is 0.331 e. The monoisotopic (exact) mass is 642 g/mol. The van der Waals surface area contributed by atoms with E-state index in [0.29, 0.717) is 17.1 Å². The lowest BCUT2D eigenvalue weighted by atomic mass is 10.3. The third-order valence-corrected chi connectivity index (χ3v) is 6.91. The highest BCUT2D eigenvalue weighted by atomic mass is 16.5. The van der Waals surface area contributed by atoms with Crippen LogP contribution in [-0.2, 0) is 28.8 Å². The van der Waals surface area contributed by atoms with Crippen LogP contribution in [0.5, 0.6) is 35.3 Å². The highest BCUT2D eigenvalue weighted by molar-refractivity contribution is 6.29. The average molecular weight is 643 g/mol. The van der Waals surface area contributed by atoms with Crippen molar-refractivity contribution >= 4 is 52.5 Å². The molecule has 6 amide bonds. The van der Waals surface area contributed by atoms with Gasteiger partial charge in [-0.1, -0.05) is 0 Å². The summed E-state index contributed by atoms with van der Waals surface area (Å²) in [5, 5.41) is 0. The van der Waals surface area contributed by atoms with Crippen molar-refractivity contribution < 1.29 is 43.0 Å². The van der Waals surface area contributed by atoms with Crippen LogP contribution in [0.15, 0.2) is 109 Å². The molecule has 4 heterocycles.